The van der Waals surface area contributed by atoms with Crippen LogP contribution in [0.4, 0.5) is 0 Å². The highest BCUT2D eigenvalue weighted by Crippen LogP contribution is 2.39. The summed E-state index contributed by atoms with van der Waals surface area (Å²) in [5.74, 6) is -0.586. The van der Waals surface area contributed by atoms with Crippen molar-refractivity contribution < 1.29 is 61.6 Å². The van der Waals surface area contributed by atoms with Crippen LogP contribution in [0.1, 0.15) is 176 Å². The van der Waals surface area contributed by atoms with Crippen LogP contribution in [0.25, 0.3) is 22.6 Å². The lowest BCUT2D eigenvalue weighted by molar-refractivity contribution is -0.141. The van der Waals surface area contributed by atoms with Gasteiger partial charge in [0, 0.05) is 0 Å². The number of nitrogens with zero attached hydrogens (tertiary/aromatic N) is 1. The highest BCUT2D eigenvalue weighted by Gasteiger charge is 2.34. The number of fused-ring (bicyclic) bond motifs is 1. The van der Waals surface area contributed by atoms with Crippen LogP contribution in [0.2, 0.25) is 0 Å². The van der Waals surface area contributed by atoms with Crippen molar-refractivity contribution in [3.05, 3.63) is 102 Å². The summed E-state index contributed by atoms with van der Waals surface area (Å²) in [7, 11) is 0. The third-order valence-corrected chi connectivity index (χ3v) is 16.4. The number of hydrogen-bond donors (Lipinski definition) is 0. The van der Waals surface area contributed by atoms with Crippen LogP contribution in [-0.4, -0.2) is 53.0 Å². The van der Waals surface area contributed by atoms with Gasteiger partial charge in [0.25, 0.3) is 0 Å². The summed E-state index contributed by atoms with van der Waals surface area (Å²) in [6.45, 7) is 4.41. The Morgan fingerprint density at radius 3 is 1.31 bits per heavy atom. The summed E-state index contributed by atoms with van der Waals surface area (Å²) in [6.07, 6.45) is 17.8. The number of benzene rings is 4. The summed E-state index contributed by atoms with van der Waals surface area (Å²) >= 11 is 0. The van der Waals surface area contributed by atoms with Crippen molar-refractivity contribution in [2.24, 2.45) is 35.5 Å². The molecule has 4 aliphatic rings. The van der Waals surface area contributed by atoms with Gasteiger partial charge in [0.1, 0.15) is 40.7 Å². The van der Waals surface area contributed by atoms with E-state index >= 15 is 0 Å². The van der Waals surface area contributed by atoms with E-state index in [4.69, 9.17) is 32.8 Å². The second-order valence-corrected chi connectivity index (χ2v) is 21.9. The minimum absolute atomic E-state index is 0.0970. The Morgan fingerprint density at radius 2 is 0.870 bits per heavy atom. The molecule has 4 aliphatic carbocycles. The molecule has 14 nitrogen and oxygen atoms in total. The van der Waals surface area contributed by atoms with Gasteiger partial charge in [-0.1, -0.05) is 64.5 Å². The molecule has 0 bridgehead atoms. The fourth-order valence-corrected chi connectivity index (χ4v) is 11.6. The Kier molecular flexibility index (Phi) is 18.9. The van der Waals surface area contributed by atoms with Crippen molar-refractivity contribution in [2.75, 3.05) is 0 Å². The molecule has 9 rings (SSSR count). The van der Waals surface area contributed by atoms with Crippen LogP contribution in [0.15, 0.2) is 95.4 Å². The molecule has 5 aromatic rings. The number of esters is 6. The topological polar surface area (TPSA) is 184 Å². The van der Waals surface area contributed by atoms with Crippen molar-refractivity contribution >= 4 is 46.9 Å². The van der Waals surface area contributed by atoms with Gasteiger partial charge >= 0.3 is 35.8 Å². The lowest BCUT2D eigenvalue weighted by atomic mass is 9.80. The lowest BCUT2D eigenvalue weighted by Gasteiger charge is -2.27. The average Bonchev–Trinajstić information content (AvgIpc) is 3.90. The Balaban J connectivity index is 0.731. The fourth-order valence-electron chi connectivity index (χ4n) is 11.6. The van der Waals surface area contributed by atoms with E-state index in [9.17, 15) is 28.8 Å². The second-order valence-electron chi connectivity index (χ2n) is 21.9. The molecule has 0 N–H and O–H groups in total. The van der Waals surface area contributed by atoms with Crippen molar-refractivity contribution in [1.29, 1.82) is 0 Å². The average molecular weight is 1050 g/mol. The number of carbonyl (C=O) groups excluding carboxylic acids is 6. The number of para-hydroxylation sites is 2. The molecule has 0 saturated heterocycles. The van der Waals surface area contributed by atoms with Crippen molar-refractivity contribution in [2.45, 2.75) is 167 Å². The van der Waals surface area contributed by atoms with E-state index in [1.165, 1.54) is 38.5 Å². The van der Waals surface area contributed by atoms with Gasteiger partial charge in [-0.15, -0.1) is 0 Å². The van der Waals surface area contributed by atoms with Gasteiger partial charge in [-0.25, -0.2) is 14.6 Å². The van der Waals surface area contributed by atoms with E-state index in [0.717, 1.165) is 51.4 Å². The fraction of sp³-hybridized carbons (Fsp3) is 0.508. The zero-order valence-corrected chi connectivity index (χ0v) is 44.6. The molecular formula is C63H73NO13. The van der Waals surface area contributed by atoms with E-state index in [2.05, 4.69) is 18.8 Å². The van der Waals surface area contributed by atoms with Crippen molar-refractivity contribution in [3.8, 4) is 34.5 Å². The maximum absolute atomic E-state index is 13.8. The Hall–Kier alpha value is -6.83. The highest BCUT2D eigenvalue weighted by molar-refractivity contribution is 5.90. The first-order valence-corrected chi connectivity index (χ1v) is 28.5. The van der Waals surface area contributed by atoms with Gasteiger partial charge in [-0.2, -0.15) is 0 Å². The summed E-state index contributed by atoms with van der Waals surface area (Å²) in [5.41, 5.74) is 2.15. The monoisotopic (exact) mass is 1050 g/mol. The first-order chi connectivity index (χ1) is 37.5. The predicted molar refractivity (Wildman–Crippen MR) is 287 cm³/mol. The number of ether oxygens (including phenoxy) is 6. The SMILES string of the molecule is CCCCC1CCC(C(=O)Oc2ccc(C(=O)OC3CCC(C(=O)Oc4ccc(OC(=O)[C@H]5CC[C@H](OC(=O)c6ccc(OC(=O)C7CCC(CCCC)CC7)cc6)CC5)c(-c5nc6ccccc6o5)c4)CC3)cc2)CC1. The van der Waals surface area contributed by atoms with Crippen LogP contribution >= 0.6 is 0 Å². The van der Waals surface area contributed by atoms with Crippen LogP contribution < -0.4 is 18.9 Å². The molecule has 14 heteroatoms. The Labute approximate surface area is 451 Å². The molecule has 0 amide bonds. The second kappa shape index (κ2) is 26.5. The number of carbonyl (C=O) groups is 6. The molecule has 0 aliphatic heterocycles. The molecule has 4 saturated carbocycles. The first kappa shape index (κ1) is 54.9. The summed E-state index contributed by atoms with van der Waals surface area (Å²) in [6, 6.07) is 24.9. The third kappa shape index (κ3) is 14.8. The zero-order valence-electron chi connectivity index (χ0n) is 44.6. The predicted octanol–water partition coefficient (Wildman–Crippen LogP) is 13.9. The minimum Gasteiger partial charge on any atom is -0.459 e. The molecule has 77 heavy (non-hydrogen) atoms. The summed E-state index contributed by atoms with van der Waals surface area (Å²) in [4.78, 5) is 84.1. The van der Waals surface area contributed by atoms with Crippen LogP contribution in [0.3, 0.4) is 0 Å². The molecule has 0 spiro atoms. The normalized spacial score (nSPS) is 23.5. The van der Waals surface area contributed by atoms with Gasteiger partial charge in [-0.3, -0.25) is 19.2 Å². The summed E-state index contributed by atoms with van der Waals surface area (Å²) in [5, 5.41) is 0. The number of aromatic nitrogens is 1. The largest absolute Gasteiger partial charge is 0.459 e. The summed E-state index contributed by atoms with van der Waals surface area (Å²) < 4.78 is 41.1. The number of oxazole rings is 1. The van der Waals surface area contributed by atoms with Gasteiger partial charge in [0.05, 0.1) is 40.4 Å². The number of unbranched alkanes of at least 4 members (excludes halogenated alkanes) is 2. The van der Waals surface area contributed by atoms with E-state index in [0.29, 0.717) is 102 Å². The minimum atomic E-state index is -0.485. The smallest absolute Gasteiger partial charge is 0.338 e. The number of rotatable bonds is 19. The van der Waals surface area contributed by atoms with E-state index in [-0.39, 0.29) is 53.4 Å². The Bertz CT molecular complexity index is 2770. The molecule has 0 unspecified atom stereocenters. The highest BCUT2D eigenvalue weighted by atomic mass is 16.6. The molecule has 4 aromatic carbocycles. The van der Waals surface area contributed by atoms with Gasteiger partial charge in [0.15, 0.2) is 5.58 Å². The quantitative estimate of drug-likeness (QED) is 0.0562. The van der Waals surface area contributed by atoms with E-state index in [1.807, 2.05) is 12.1 Å². The van der Waals surface area contributed by atoms with Gasteiger partial charge in [-0.05, 0) is 193 Å². The maximum atomic E-state index is 13.8. The molecule has 4 fully saturated rings. The molecule has 1 aromatic heterocycles. The molecular weight excluding hydrogens is 979 g/mol. The van der Waals surface area contributed by atoms with Gasteiger partial charge in [0.2, 0.25) is 5.89 Å². The van der Waals surface area contributed by atoms with Crippen molar-refractivity contribution in [3.63, 3.8) is 0 Å². The molecule has 0 radical (unpaired) electrons. The Morgan fingerprint density at radius 1 is 0.468 bits per heavy atom. The maximum Gasteiger partial charge on any atom is 0.338 e. The van der Waals surface area contributed by atoms with Crippen LogP contribution in [0, 0.1) is 35.5 Å². The zero-order chi connectivity index (χ0) is 53.7. The number of hydrogen-bond acceptors (Lipinski definition) is 14. The molecule has 0 atom stereocenters. The van der Waals surface area contributed by atoms with Crippen molar-refractivity contribution in [1.82, 2.24) is 4.98 Å². The van der Waals surface area contributed by atoms with E-state index < -0.39 is 35.7 Å². The van der Waals surface area contributed by atoms with Crippen LogP contribution in [-0.2, 0) is 28.7 Å². The van der Waals surface area contributed by atoms with E-state index in [1.54, 1.807) is 78.9 Å². The standard InChI is InChI=1S/C63H73NO13/c1-3-5-9-40-13-17-42(18-14-40)58(65)71-48-29-21-44(22-30-48)60(67)73-50-33-25-46(26-34-50)62(69)75-52-37-38-55(53(39-52)57-64-54-11-7-8-12-56(54)76-57)77-63(70)47-27-35-51(36-28-47)74-61(68)45-23-31-49(32-24-45)72-59(66)43-19-15-41(16-20-43)10-6-4-2/h7-8,11-12,21-24,29-32,37-43,46-47,50-51H,3-6,9-10,13-20,25-28,33-36H2,1-2H3/t40?,41?,42?,43?,46?,47-,50?,51-. The lowest BCUT2D eigenvalue weighted by Crippen LogP contribution is -2.30. The molecule has 1 heterocycles. The first-order valence-electron chi connectivity index (χ1n) is 28.5. The third-order valence-electron chi connectivity index (χ3n) is 16.4. The van der Waals surface area contributed by atoms with Gasteiger partial charge < -0.3 is 32.8 Å². The van der Waals surface area contributed by atoms with Crippen LogP contribution in [0.5, 0.6) is 23.0 Å². The molecule has 408 valence electrons.